The van der Waals surface area contributed by atoms with Gasteiger partial charge in [-0.1, -0.05) is 42.5 Å². The summed E-state index contributed by atoms with van der Waals surface area (Å²) in [4.78, 5) is 34.6. The molecular formula is C29H29N3O5. The third-order valence-electron chi connectivity index (χ3n) is 8.05. The highest BCUT2D eigenvalue weighted by Crippen LogP contribution is 2.52. The number of rotatable bonds is 5. The summed E-state index contributed by atoms with van der Waals surface area (Å²) in [6.07, 6.45) is 4.58. The number of aromatic nitrogens is 1. The Balaban J connectivity index is 1.23. The second-order valence-electron chi connectivity index (χ2n) is 9.99. The van der Waals surface area contributed by atoms with Crippen LogP contribution in [0.3, 0.4) is 0 Å². The average Bonchev–Trinajstić information content (AvgIpc) is 3.47. The normalized spacial score (nSPS) is 21.8. The van der Waals surface area contributed by atoms with Gasteiger partial charge >= 0.3 is 6.09 Å². The molecule has 2 aromatic carbocycles. The van der Waals surface area contributed by atoms with Crippen LogP contribution in [0.1, 0.15) is 36.5 Å². The van der Waals surface area contributed by atoms with Crippen molar-refractivity contribution in [2.75, 3.05) is 19.9 Å². The zero-order valence-electron chi connectivity index (χ0n) is 20.8. The van der Waals surface area contributed by atoms with Crippen molar-refractivity contribution in [3.8, 4) is 11.5 Å². The minimum atomic E-state index is -0.766. The molecule has 3 aliphatic rings. The van der Waals surface area contributed by atoms with Gasteiger partial charge in [0, 0.05) is 38.3 Å². The van der Waals surface area contributed by atoms with E-state index in [2.05, 4.69) is 11.9 Å². The quantitative estimate of drug-likeness (QED) is 0.521. The first-order chi connectivity index (χ1) is 18.0. The Kier molecular flexibility index (Phi) is 5.74. The number of ether oxygens (including phenoxy) is 3. The summed E-state index contributed by atoms with van der Waals surface area (Å²) in [7, 11) is 0. The summed E-state index contributed by atoms with van der Waals surface area (Å²) >= 11 is 0. The number of hydrogen-bond donors (Lipinski definition) is 0. The van der Waals surface area contributed by atoms with Gasteiger partial charge in [0.05, 0.1) is 13.0 Å². The summed E-state index contributed by atoms with van der Waals surface area (Å²) in [5.41, 5.74) is 1.34. The molecule has 3 aromatic rings. The maximum atomic E-state index is 13.4. The van der Waals surface area contributed by atoms with Gasteiger partial charge in [0.2, 0.25) is 12.7 Å². The maximum absolute atomic E-state index is 13.4. The third-order valence-corrected chi connectivity index (χ3v) is 8.05. The fraction of sp³-hybridized carbons (Fsp3) is 0.345. The lowest BCUT2D eigenvalue weighted by Gasteiger charge is -2.48. The standard InChI is InChI=1S/C29H29N3O5/c1-28(23-8-5-13-30-18-23)29(37-27(34)32(28)19-21-6-3-2-4-7-21)11-14-31(15-12-29)26(33)17-22-9-10-24-25(16-22)36-20-35-24/h2-10,13,16,18H,11-12,14-15,17,19-20H2,1H3. The van der Waals surface area contributed by atoms with E-state index in [0.29, 0.717) is 44.0 Å². The highest BCUT2D eigenvalue weighted by molar-refractivity contribution is 5.79. The molecular weight excluding hydrogens is 470 g/mol. The highest BCUT2D eigenvalue weighted by Gasteiger charge is 2.64. The molecule has 1 aromatic heterocycles. The Hall–Kier alpha value is -4.07. The van der Waals surface area contributed by atoms with Gasteiger partial charge in [0.15, 0.2) is 11.5 Å². The van der Waals surface area contributed by atoms with Crippen LogP contribution in [0.2, 0.25) is 0 Å². The number of benzene rings is 2. The van der Waals surface area contributed by atoms with Crippen LogP contribution >= 0.6 is 0 Å². The fourth-order valence-electron chi connectivity index (χ4n) is 5.85. The maximum Gasteiger partial charge on any atom is 0.411 e. The van der Waals surface area contributed by atoms with Gasteiger partial charge in [-0.2, -0.15) is 0 Å². The number of pyridine rings is 1. The molecule has 2 fully saturated rings. The number of nitrogens with zero attached hydrogens (tertiary/aromatic N) is 3. The van der Waals surface area contributed by atoms with Crippen molar-refractivity contribution in [3.63, 3.8) is 0 Å². The van der Waals surface area contributed by atoms with Crippen LogP contribution in [-0.4, -0.2) is 52.3 Å². The van der Waals surface area contributed by atoms with E-state index in [1.165, 1.54) is 0 Å². The highest BCUT2D eigenvalue weighted by atomic mass is 16.7. The van der Waals surface area contributed by atoms with Gasteiger partial charge in [-0.15, -0.1) is 0 Å². The van der Waals surface area contributed by atoms with E-state index in [0.717, 1.165) is 16.7 Å². The molecule has 37 heavy (non-hydrogen) atoms. The van der Waals surface area contributed by atoms with Crippen LogP contribution in [0.5, 0.6) is 11.5 Å². The molecule has 190 valence electrons. The second kappa shape index (κ2) is 9.10. The Labute approximate surface area is 215 Å². The lowest BCUT2D eigenvalue weighted by Crippen LogP contribution is -2.59. The number of piperidine rings is 1. The summed E-state index contributed by atoms with van der Waals surface area (Å²) in [5.74, 6) is 1.42. The molecule has 0 bridgehead atoms. The van der Waals surface area contributed by atoms with E-state index in [1.807, 2.05) is 76.7 Å². The van der Waals surface area contributed by atoms with Crippen molar-refractivity contribution >= 4 is 12.0 Å². The van der Waals surface area contributed by atoms with E-state index in [9.17, 15) is 9.59 Å². The minimum absolute atomic E-state index is 0.0438. The van der Waals surface area contributed by atoms with Crippen molar-refractivity contribution < 1.29 is 23.8 Å². The molecule has 1 spiro atoms. The number of amides is 2. The molecule has 8 heteroatoms. The first-order valence-electron chi connectivity index (χ1n) is 12.6. The number of fused-ring (bicyclic) bond motifs is 1. The molecule has 0 saturated carbocycles. The first-order valence-corrected chi connectivity index (χ1v) is 12.6. The predicted molar refractivity (Wildman–Crippen MR) is 135 cm³/mol. The number of carbonyl (C=O) groups is 2. The Bertz CT molecular complexity index is 1310. The molecule has 3 aliphatic heterocycles. The van der Waals surface area contributed by atoms with Crippen LogP contribution in [-0.2, 0) is 28.0 Å². The molecule has 0 aliphatic carbocycles. The summed E-state index contributed by atoms with van der Waals surface area (Å²) in [5, 5.41) is 0. The van der Waals surface area contributed by atoms with E-state index < -0.39 is 11.1 Å². The van der Waals surface area contributed by atoms with Gasteiger partial charge in [-0.25, -0.2) is 4.79 Å². The van der Waals surface area contributed by atoms with Crippen LogP contribution < -0.4 is 9.47 Å². The van der Waals surface area contributed by atoms with Gasteiger partial charge in [0.1, 0.15) is 11.1 Å². The zero-order valence-corrected chi connectivity index (χ0v) is 20.8. The number of carbonyl (C=O) groups excluding carboxylic acids is 2. The molecule has 2 saturated heterocycles. The van der Waals surface area contributed by atoms with E-state index >= 15 is 0 Å². The third kappa shape index (κ3) is 3.97. The van der Waals surface area contributed by atoms with Gasteiger partial charge < -0.3 is 19.1 Å². The first kappa shape index (κ1) is 23.3. The van der Waals surface area contributed by atoms with Crippen molar-refractivity contribution in [1.82, 2.24) is 14.8 Å². The lowest BCUT2D eigenvalue weighted by atomic mass is 9.70. The van der Waals surface area contributed by atoms with Crippen LogP contribution in [0.15, 0.2) is 73.1 Å². The zero-order chi connectivity index (χ0) is 25.5. The van der Waals surface area contributed by atoms with E-state index in [-0.39, 0.29) is 25.2 Å². The Morgan fingerprint density at radius 1 is 0.973 bits per heavy atom. The molecule has 0 radical (unpaired) electrons. The smallest absolute Gasteiger partial charge is 0.411 e. The van der Waals surface area contributed by atoms with Crippen LogP contribution in [0.4, 0.5) is 4.79 Å². The van der Waals surface area contributed by atoms with Crippen LogP contribution in [0, 0.1) is 0 Å². The predicted octanol–water partition coefficient (Wildman–Crippen LogP) is 4.28. The van der Waals surface area contributed by atoms with Gasteiger partial charge in [0.25, 0.3) is 0 Å². The Morgan fingerprint density at radius 2 is 1.76 bits per heavy atom. The molecule has 1 unspecified atom stereocenters. The van der Waals surface area contributed by atoms with Crippen molar-refractivity contribution in [2.24, 2.45) is 0 Å². The van der Waals surface area contributed by atoms with E-state index in [4.69, 9.17) is 14.2 Å². The molecule has 8 nitrogen and oxygen atoms in total. The number of hydrogen-bond acceptors (Lipinski definition) is 6. The fourth-order valence-corrected chi connectivity index (χ4v) is 5.85. The molecule has 0 N–H and O–H groups in total. The SMILES string of the molecule is CC1(c2cccnc2)N(Cc2ccccc2)C(=O)OC12CCN(C(=O)Cc1ccc3c(c1)OCO3)CC2. The van der Waals surface area contributed by atoms with Crippen LogP contribution in [0.25, 0.3) is 0 Å². The van der Waals surface area contributed by atoms with Gasteiger partial charge in [-0.05, 0) is 41.8 Å². The summed E-state index contributed by atoms with van der Waals surface area (Å²) in [6, 6.07) is 19.4. The second-order valence-corrected chi connectivity index (χ2v) is 9.99. The molecule has 2 amide bonds. The molecule has 6 rings (SSSR count). The molecule has 4 heterocycles. The molecule has 1 atom stereocenters. The summed E-state index contributed by atoms with van der Waals surface area (Å²) in [6.45, 7) is 3.72. The topological polar surface area (TPSA) is 81.2 Å². The van der Waals surface area contributed by atoms with E-state index in [1.54, 1.807) is 6.20 Å². The lowest BCUT2D eigenvalue weighted by molar-refractivity contribution is -0.136. The monoisotopic (exact) mass is 499 g/mol. The Morgan fingerprint density at radius 3 is 2.51 bits per heavy atom. The van der Waals surface area contributed by atoms with Crippen molar-refractivity contribution in [3.05, 3.63) is 89.7 Å². The van der Waals surface area contributed by atoms with Crippen molar-refractivity contribution in [1.29, 1.82) is 0 Å². The number of likely N-dealkylation sites (tertiary alicyclic amines) is 1. The average molecular weight is 500 g/mol. The van der Waals surface area contributed by atoms with Gasteiger partial charge in [-0.3, -0.25) is 14.7 Å². The van der Waals surface area contributed by atoms with Crippen molar-refractivity contribution in [2.45, 2.75) is 43.9 Å². The largest absolute Gasteiger partial charge is 0.454 e. The summed E-state index contributed by atoms with van der Waals surface area (Å²) < 4.78 is 17.1. The minimum Gasteiger partial charge on any atom is -0.454 e.